The van der Waals surface area contributed by atoms with Crippen LogP contribution in [0.25, 0.3) is 11.3 Å². The molecular formula is C13H16N2O2. The fraction of sp³-hybridized carbons (Fsp3) is 0.308. The predicted octanol–water partition coefficient (Wildman–Crippen LogP) is 2.19. The molecule has 0 spiro atoms. The van der Waals surface area contributed by atoms with Crippen molar-refractivity contribution in [3.8, 4) is 17.0 Å². The van der Waals surface area contributed by atoms with E-state index < -0.39 is 0 Å². The Morgan fingerprint density at radius 1 is 1.29 bits per heavy atom. The molecule has 0 aliphatic rings. The molecular weight excluding hydrogens is 216 g/mol. The molecule has 0 atom stereocenters. The number of rotatable bonds is 3. The third-order valence-electron chi connectivity index (χ3n) is 2.81. The third-order valence-corrected chi connectivity index (χ3v) is 2.81. The van der Waals surface area contributed by atoms with Gasteiger partial charge in [-0.25, -0.2) is 4.98 Å². The van der Waals surface area contributed by atoms with E-state index in [1.54, 1.807) is 13.3 Å². The number of nitrogens with zero attached hydrogens (tertiary/aromatic N) is 1. The van der Waals surface area contributed by atoms with E-state index in [2.05, 4.69) is 16.0 Å². The molecule has 2 aromatic rings. The summed E-state index contributed by atoms with van der Waals surface area (Å²) in [4.78, 5) is 7.17. The zero-order chi connectivity index (χ0) is 12.4. The van der Waals surface area contributed by atoms with E-state index in [0.29, 0.717) is 5.82 Å². The second-order valence-electron chi connectivity index (χ2n) is 4.04. The first-order valence-electron chi connectivity index (χ1n) is 5.46. The molecule has 0 saturated heterocycles. The van der Waals surface area contributed by atoms with Crippen molar-refractivity contribution < 1.29 is 9.84 Å². The van der Waals surface area contributed by atoms with Gasteiger partial charge in [0, 0.05) is 5.56 Å². The molecule has 0 unspecified atom stereocenters. The topological polar surface area (TPSA) is 58.1 Å². The maximum Gasteiger partial charge on any atom is 0.132 e. The molecule has 0 aliphatic heterocycles. The standard InChI is InChI=1S/C13H16N2O2/c1-8-5-12(17-3)9(2)4-10(8)11-6-14-13(7-16)15-11/h4-6,16H,7H2,1-3H3,(H,14,15). The van der Waals surface area contributed by atoms with Gasteiger partial charge < -0.3 is 14.8 Å². The number of aromatic nitrogens is 2. The van der Waals surface area contributed by atoms with Crippen LogP contribution in [0.3, 0.4) is 0 Å². The second-order valence-corrected chi connectivity index (χ2v) is 4.04. The highest BCUT2D eigenvalue weighted by Crippen LogP contribution is 2.28. The summed E-state index contributed by atoms with van der Waals surface area (Å²) in [5.41, 5.74) is 4.18. The number of hydrogen-bond donors (Lipinski definition) is 2. The van der Waals surface area contributed by atoms with Gasteiger partial charge in [-0.1, -0.05) is 0 Å². The Morgan fingerprint density at radius 3 is 2.65 bits per heavy atom. The smallest absolute Gasteiger partial charge is 0.132 e. The third kappa shape index (κ3) is 2.17. The first-order valence-corrected chi connectivity index (χ1v) is 5.46. The summed E-state index contributed by atoms with van der Waals surface area (Å²) in [6, 6.07) is 4.06. The molecule has 4 heteroatoms. The van der Waals surface area contributed by atoms with Gasteiger partial charge in [-0.3, -0.25) is 0 Å². The number of aryl methyl sites for hydroxylation is 2. The average Bonchev–Trinajstić information content (AvgIpc) is 2.80. The minimum Gasteiger partial charge on any atom is -0.496 e. The largest absolute Gasteiger partial charge is 0.496 e. The van der Waals surface area contributed by atoms with Gasteiger partial charge in [0.1, 0.15) is 18.2 Å². The van der Waals surface area contributed by atoms with E-state index in [9.17, 15) is 0 Å². The number of aliphatic hydroxyl groups excluding tert-OH is 1. The number of methoxy groups -OCH3 is 1. The number of nitrogens with one attached hydrogen (secondary N) is 1. The Hall–Kier alpha value is -1.81. The zero-order valence-corrected chi connectivity index (χ0v) is 10.2. The molecule has 0 fully saturated rings. The van der Waals surface area contributed by atoms with E-state index >= 15 is 0 Å². The van der Waals surface area contributed by atoms with E-state index in [-0.39, 0.29) is 6.61 Å². The van der Waals surface area contributed by atoms with Crippen LogP contribution in [0.5, 0.6) is 5.75 Å². The summed E-state index contributed by atoms with van der Waals surface area (Å²) < 4.78 is 5.28. The van der Waals surface area contributed by atoms with Crippen molar-refractivity contribution in [3.05, 3.63) is 35.3 Å². The lowest BCUT2D eigenvalue weighted by Crippen LogP contribution is -1.92. The number of aromatic amines is 1. The van der Waals surface area contributed by atoms with E-state index in [1.807, 2.05) is 19.9 Å². The molecule has 0 aliphatic carbocycles. The second kappa shape index (κ2) is 4.59. The summed E-state index contributed by atoms with van der Waals surface area (Å²) in [6.07, 6.45) is 1.74. The SMILES string of the molecule is COc1cc(C)c(-c2cnc(CO)[nH]2)cc1C. The lowest BCUT2D eigenvalue weighted by Gasteiger charge is -2.09. The van der Waals surface area contributed by atoms with Crippen molar-refractivity contribution in [1.82, 2.24) is 9.97 Å². The lowest BCUT2D eigenvalue weighted by atomic mass is 10.0. The Bertz CT molecular complexity index is 532. The van der Waals surface area contributed by atoms with Gasteiger partial charge in [-0.2, -0.15) is 0 Å². The van der Waals surface area contributed by atoms with Crippen LogP contribution in [0, 0.1) is 13.8 Å². The summed E-state index contributed by atoms with van der Waals surface area (Å²) in [5, 5.41) is 8.99. The summed E-state index contributed by atoms with van der Waals surface area (Å²) >= 11 is 0. The van der Waals surface area contributed by atoms with Gasteiger partial charge in [0.25, 0.3) is 0 Å². The van der Waals surface area contributed by atoms with E-state index in [4.69, 9.17) is 9.84 Å². The number of imidazole rings is 1. The molecule has 0 radical (unpaired) electrons. The monoisotopic (exact) mass is 232 g/mol. The van der Waals surface area contributed by atoms with Crippen LogP contribution in [0.2, 0.25) is 0 Å². The first kappa shape index (κ1) is 11.7. The van der Waals surface area contributed by atoms with E-state index in [0.717, 1.165) is 28.1 Å². The van der Waals surface area contributed by atoms with E-state index in [1.165, 1.54) is 0 Å². The highest BCUT2D eigenvalue weighted by molar-refractivity contribution is 5.66. The summed E-state index contributed by atoms with van der Waals surface area (Å²) in [6.45, 7) is 3.95. The van der Waals surface area contributed by atoms with Gasteiger partial charge in [0.05, 0.1) is 19.0 Å². The van der Waals surface area contributed by atoms with Crippen molar-refractivity contribution in [3.63, 3.8) is 0 Å². The van der Waals surface area contributed by atoms with Gasteiger partial charge in [0.2, 0.25) is 0 Å². The highest BCUT2D eigenvalue weighted by atomic mass is 16.5. The highest BCUT2D eigenvalue weighted by Gasteiger charge is 2.09. The van der Waals surface area contributed by atoms with Crippen LogP contribution in [0.15, 0.2) is 18.3 Å². The lowest BCUT2D eigenvalue weighted by molar-refractivity contribution is 0.272. The van der Waals surface area contributed by atoms with Crippen LogP contribution in [-0.2, 0) is 6.61 Å². The number of H-pyrrole nitrogens is 1. The average molecular weight is 232 g/mol. The minimum atomic E-state index is -0.0752. The molecule has 4 nitrogen and oxygen atoms in total. The summed E-state index contributed by atoms with van der Waals surface area (Å²) in [5.74, 6) is 1.46. The van der Waals surface area contributed by atoms with Crippen LogP contribution >= 0.6 is 0 Å². The normalized spacial score (nSPS) is 10.6. The van der Waals surface area contributed by atoms with Gasteiger partial charge in [-0.05, 0) is 37.1 Å². The van der Waals surface area contributed by atoms with Gasteiger partial charge in [0.15, 0.2) is 0 Å². The molecule has 0 saturated carbocycles. The Morgan fingerprint density at radius 2 is 2.06 bits per heavy atom. The Kier molecular flexibility index (Phi) is 3.15. The molecule has 1 aromatic heterocycles. The van der Waals surface area contributed by atoms with Crippen LogP contribution in [0.1, 0.15) is 17.0 Å². The number of benzene rings is 1. The summed E-state index contributed by atoms with van der Waals surface area (Å²) in [7, 11) is 1.67. The van der Waals surface area contributed by atoms with Crippen molar-refractivity contribution >= 4 is 0 Å². The number of hydrogen-bond acceptors (Lipinski definition) is 3. The number of aliphatic hydroxyl groups is 1. The zero-order valence-electron chi connectivity index (χ0n) is 10.2. The molecule has 17 heavy (non-hydrogen) atoms. The number of ether oxygens (including phenoxy) is 1. The minimum absolute atomic E-state index is 0.0752. The van der Waals surface area contributed by atoms with Gasteiger partial charge >= 0.3 is 0 Å². The fourth-order valence-electron chi connectivity index (χ4n) is 1.88. The maximum absolute atomic E-state index is 8.99. The van der Waals surface area contributed by atoms with Crippen LogP contribution < -0.4 is 4.74 Å². The van der Waals surface area contributed by atoms with Crippen LogP contribution in [-0.4, -0.2) is 22.2 Å². The fourth-order valence-corrected chi connectivity index (χ4v) is 1.88. The molecule has 2 N–H and O–H groups in total. The van der Waals surface area contributed by atoms with Crippen molar-refractivity contribution in [2.75, 3.05) is 7.11 Å². The first-order chi connectivity index (χ1) is 8.15. The quantitative estimate of drug-likeness (QED) is 0.852. The molecule has 0 bridgehead atoms. The molecule has 90 valence electrons. The van der Waals surface area contributed by atoms with Crippen molar-refractivity contribution in [2.24, 2.45) is 0 Å². The van der Waals surface area contributed by atoms with Gasteiger partial charge in [-0.15, -0.1) is 0 Å². The molecule has 1 aromatic carbocycles. The molecule has 0 amide bonds. The predicted molar refractivity (Wildman–Crippen MR) is 66.0 cm³/mol. The van der Waals surface area contributed by atoms with Crippen molar-refractivity contribution in [2.45, 2.75) is 20.5 Å². The van der Waals surface area contributed by atoms with Crippen molar-refractivity contribution in [1.29, 1.82) is 0 Å². The molecule has 1 heterocycles. The Labute approximate surface area is 100 Å². The Balaban J connectivity index is 2.48. The molecule has 2 rings (SSSR count). The maximum atomic E-state index is 8.99. The van der Waals surface area contributed by atoms with Crippen LogP contribution in [0.4, 0.5) is 0 Å².